The molecule has 0 spiro atoms. The van der Waals surface area contributed by atoms with Crippen LogP contribution >= 0.6 is 0 Å². The second kappa shape index (κ2) is 4.42. The number of ether oxygens (including phenoxy) is 1. The fraction of sp³-hybridized carbons (Fsp3) is 0.833. The van der Waals surface area contributed by atoms with Gasteiger partial charge in [-0.25, -0.2) is 0 Å². The summed E-state index contributed by atoms with van der Waals surface area (Å²) in [5.74, 6) is 0.418. The number of nitrogens with zero attached hydrogens (tertiary/aromatic N) is 1. The summed E-state index contributed by atoms with van der Waals surface area (Å²) in [5, 5.41) is 11.9. The number of carbonyl (C=O) groups is 1. The molecule has 0 aromatic heterocycles. The Morgan fingerprint density at radius 3 is 2.62 bits per heavy atom. The summed E-state index contributed by atoms with van der Waals surface area (Å²) in [6.45, 7) is 3.60. The lowest BCUT2D eigenvalue weighted by atomic mass is 9.92. The van der Waals surface area contributed by atoms with E-state index in [4.69, 9.17) is 10.00 Å². The molecular formula is C12H18N2O2. The monoisotopic (exact) mass is 222 g/mol. The fourth-order valence-corrected chi connectivity index (χ4v) is 2.19. The first-order valence-corrected chi connectivity index (χ1v) is 5.98. The van der Waals surface area contributed by atoms with Crippen molar-refractivity contribution >= 4 is 5.91 Å². The van der Waals surface area contributed by atoms with Gasteiger partial charge in [-0.1, -0.05) is 0 Å². The molecule has 2 rings (SSSR count). The van der Waals surface area contributed by atoms with Crippen LogP contribution in [-0.4, -0.2) is 25.2 Å². The second-order valence-corrected chi connectivity index (χ2v) is 4.91. The van der Waals surface area contributed by atoms with E-state index >= 15 is 0 Å². The third-order valence-corrected chi connectivity index (χ3v) is 3.73. The molecule has 1 aliphatic carbocycles. The van der Waals surface area contributed by atoms with Crippen molar-refractivity contribution in [3.8, 4) is 6.07 Å². The molecule has 0 aromatic carbocycles. The Morgan fingerprint density at radius 2 is 2.12 bits per heavy atom. The first-order valence-electron chi connectivity index (χ1n) is 5.98. The lowest BCUT2D eigenvalue weighted by Gasteiger charge is -2.28. The predicted molar refractivity (Wildman–Crippen MR) is 58.4 cm³/mol. The van der Waals surface area contributed by atoms with Gasteiger partial charge in [-0.05, 0) is 38.5 Å². The molecule has 4 nitrogen and oxygen atoms in total. The molecule has 0 aromatic rings. The van der Waals surface area contributed by atoms with Crippen molar-refractivity contribution < 1.29 is 9.53 Å². The summed E-state index contributed by atoms with van der Waals surface area (Å²) in [6, 6.07) is 2.28. The van der Waals surface area contributed by atoms with Crippen molar-refractivity contribution in [2.24, 2.45) is 11.3 Å². The minimum atomic E-state index is -0.695. The summed E-state index contributed by atoms with van der Waals surface area (Å²) in [6.07, 6.45) is 3.44. The van der Waals surface area contributed by atoms with Crippen LogP contribution < -0.4 is 5.32 Å². The number of rotatable bonds is 3. The van der Waals surface area contributed by atoms with Crippen molar-refractivity contribution in [2.75, 3.05) is 13.2 Å². The van der Waals surface area contributed by atoms with Gasteiger partial charge in [-0.3, -0.25) is 4.79 Å². The van der Waals surface area contributed by atoms with Gasteiger partial charge in [0.15, 0.2) is 0 Å². The first kappa shape index (κ1) is 11.4. The highest BCUT2D eigenvalue weighted by Crippen LogP contribution is 2.45. The number of nitrogens with one attached hydrogen (secondary N) is 1. The Bertz CT molecular complexity index is 311. The zero-order valence-electron chi connectivity index (χ0n) is 9.66. The number of hydrogen-bond donors (Lipinski definition) is 1. The summed E-state index contributed by atoms with van der Waals surface area (Å²) < 4.78 is 5.29. The third-order valence-electron chi connectivity index (χ3n) is 3.73. The summed E-state index contributed by atoms with van der Waals surface area (Å²) in [4.78, 5) is 11.8. The van der Waals surface area contributed by atoms with Crippen molar-refractivity contribution in [1.82, 2.24) is 5.32 Å². The van der Waals surface area contributed by atoms with Crippen molar-refractivity contribution in [3.05, 3.63) is 0 Å². The summed E-state index contributed by atoms with van der Waals surface area (Å²) >= 11 is 0. The minimum Gasteiger partial charge on any atom is -0.381 e. The molecule has 1 saturated carbocycles. The average Bonchev–Trinajstić information content (AvgIpc) is 3.11. The standard InChI is InChI=1S/C12H18N2O2/c1-9(10-2-6-16-7-3-10)14-11(15)12(8-13)4-5-12/h9-10H,2-7H2,1H3,(H,14,15). The predicted octanol–water partition coefficient (Wildman–Crippen LogP) is 1.22. The lowest BCUT2D eigenvalue weighted by Crippen LogP contribution is -2.43. The van der Waals surface area contributed by atoms with Gasteiger partial charge in [0.2, 0.25) is 5.91 Å². The molecule has 0 bridgehead atoms. The second-order valence-electron chi connectivity index (χ2n) is 4.91. The van der Waals surface area contributed by atoms with Crippen LogP contribution in [0.5, 0.6) is 0 Å². The molecule has 2 aliphatic rings. The number of carbonyl (C=O) groups excluding carboxylic acids is 1. The van der Waals surface area contributed by atoms with E-state index in [1.165, 1.54) is 0 Å². The molecular weight excluding hydrogens is 204 g/mol. The molecule has 0 radical (unpaired) electrons. The highest BCUT2D eigenvalue weighted by atomic mass is 16.5. The van der Waals surface area contributed by atoms with E-state index in [9.17, 15) is 4.79 Å². The molecule has 1 aliphatic heterocycles. The topological polar surface area (TPSA) is 62.1 Å². The maximum Gasteiger partial charge on any atom is 0.240 e. The Hall–Kier alpha value is -1.08. The van der Waals surface area contributed by atoms with Gasteiger partial charge in [-0.2, -0.15) is 5.26 Å². The zero-order chi connectivity index (χ0) is 11.6. The van der Waals surface area contributed by atoms with Gasteiger partial charge in [0.05, 0.1) is 6.07 Å². The van der Waals surface area contributed by atoms with Gasteiger partial charge in [-0.15, -0.1) is 0 Å². The minimum absolute atomic E-state index is 0.0750. The smallest absolute Gasteiger partial charge is 0.240 e. The molecule has 88 valence electrons. The molecule has 4 heteroatoms. The maximum absolute atomic E-state index is 11.8. The average molecular weight is 222 g/mol. The van der Waals surface area contributed by atoms with Crippen LogP contribution in [-0.2, 0) is 9.53 Å². The molecule has 1 atom stereocenters. The number of nitriles is 1. The van der Waals surface area contributed by atoms with Crippen LogP contribution in [0.25, 0.3) is 0 Å². The van der Waals surface area contributed by atoms with E-state index < -0.39 is 5.41 Å². The maximum atomic E-state index is 11.8. The van der Waals surface area contributed by atoms with E-state index in [1.807, 2.05) is 6.92 Å². The fourth-order valence-electron chi connectivity index (χ4n) is 2.19. The molecule has 1 N–H and O–H groups in total. The van der Waals surface area contributed by atoms with Crippen molar-refractivity contribution in [2.45, 2.75) is 38.6 Å². The number of amides is 1. The van der Waals surface area contributed by atoms with Gasteiger partial charge in [0, 0.05) is 19.3 Å². The zero-order valence-corrected chi connectivity index (χ0v) is 9.66. The van der Waals surface area contributed by atoms with Crippen LogP contribution in [0.4, 0.5) is 0 Å². The van der Waals surface area contributed by atoms with Crippen LogP contribution in [0, 0.1) is 22.7 Å². The third kappa shape index (κ3) is 2.19. The van der Waals surface area contributed by atoms with Crippen molar-refractivity contribution in [3.63, 3.8) is 0 Å². The quantitative estimate of drug-likeness (QED) is 0.781. The normalized spacial score (nSPS) is 25.5. The SMILES string of the molecule is CC(NC(=O)C1(C#N)CC1)C1CCOCC1. The summed E-state index contributed by atoms with van der Waals surface area (Å²) in [5.41, 5.74) is -0.695. The summed E-state index contributed by atoms with van der Waals surface area (Å²) in [7, 11) is 0. The van der Waals surface area contributed by atoms with E-state index in [-0.39, 0.29) is 11.9 Å². The molecule has 1 saturated heterocycles. The number of hydrogen-bond acceptors (Lipinski definition) is 3. The highest BCUT2D eigenvalue weighted by molar-refractivity contribution is 5.88. The van der Waals surface area contributed by atoms with E-state index in [0.29, 0.717) is 5.92 Å². The molecule has 2 fully saturated rings. The lowest BCUT2D eigenvalue weighted by molar-refractivity contribution is -0.125. The molecule has 16 heavy (non-hydrogen) atoms. The van der Waals surface area contributed by atoms with E-state index in [1.54, 1.807) is 0 Å². The van der Waals surface area contributed by atoms with Gasteiger partial charge < -0.3 is 10.1 Å². The van der Waals surface area contributed by atoms with Crippen LogP contribution in [0.1, 0.15) is 32.6 Å². The molecule has 1 amide bonds. The van der Waals surface area contributed by atoms with Crippen LogP contribution in [0.2, 0.25) is 0 Å². The Balaban J connectivity index is 1.85. The Labute approximate surface area is 96.0 Å². The van der Waals surface area contributed by atoms with Gasteiger partial charge >= 0.3 is 0 Å². The Morgan fingerprint density at radius 1 is 1.50 bits per heavy atom. The molecule has 1 unspecified atom stereocenters. The van der Waals surface area contributed by atoms with Crippen molar-refractivity contribution in [1.29, 1.82) is 5.26 Å². The van der Waals surface area contributed by atoms with Crippen LogP contribution in [0.15, 0.2) is 0 Å². The largest absolute Gasteiger partial charge is 0.381 e. The van der Waals surface area contributed by atoms with Gasteiger partial charge in [0.25, 0.3) is 0 Å². The first-order chi connectivity index (χ1) is 7.68. The van der Waals surface area contributed by atoms with E-state index in [2.05, 4.69) is 11.4 Å². The van der Waals surface area contributed by atoms with E-state index in [0.717, 1.165) is 38.9 Å². The van der Waals surface area contributed by atoms with Gasteiger partial charge in [0.1, 0.15) is 5.41 Å². The van der Waals surface area contributed by atoms with Crippen LogP contribution in [0.3, 0.4) is 0 Å². The highest BCUT2D eigenvalue weighted by Gasteiger charge is 2.51. The molecule has 1 heterocycles. The Kier molecular flexibility index (Phi) is 3.15.